The molecule has 2 fully saturated rings. The zero-order valence-corrected chi connectivity index (χ0v) is 25.8. The molecule has 1 saturated carbocycles. The Morgan fingerprint density at radius 1 is 0.830 bits per heavy atom. The maximum atomic E-state index is 14.1. The molecular formula is C32H36O15. The Morgan fingerprint density at radius 3 is 2.11 bits per heavy atom. The molecule has 0 radical (unpaired) electrons. The quantitative estimate of drug-likeness (QED) is 0.195. The number of ether oxygens (including phenoxy) is 5. The number of carbonyl (C=O) groups is 2. The molecule has 5 rings (SSSR count). The van der Waals surface area contributed by atoms with E-state index >= 15 is 0 Å². The van der Waals surface area contributed by atoms with Gasteiger partial charge in [-0.2, -0.15) is 0 Å². The molecule has 2 heterocycles. The van der Waals surface area contributed by atoms with E-state index in [1.807, 2.05) is 0 Å². The first-order chi connectivity index (χ1) is 22.2. The van der Waals surface area contributed by atoms with E-state index in [0.717, 1.165) is 13.0 Å². The lowest BCUT2D eigenvalue weighted by Gasteiger charge is -2.42. The standard InChI is InChI=1S/C32H36O15/c1-12-9-21(30(44-15(4)34)27(41)28(12)43-14(3)33)47-31-24(38)22-19(36)10-18(45-32-26(40)25(39)23(37)13(2)42-32)11-20(22)46-29(31)16-5-7-17(35)8-6-16/h5-8,10-13,21,23,25-28,30,32,35-37,39-41H,9H2,1-4H3/t12-,13+,21-,23+,25-,26-,27-,28+,30+,32+/m1/s1. The number of aromatic hydroxyl groups is 2. The van der Waals surface area contributed by atoms with E-state index in [1.54, 1.807) is 6.92 Å². The molecule has 0 unspecified atom stereocenters. The van der Waals surface area contributed by atoms with Gasteiger partial charge in [-0.1, -0.05) is 6.92 Å². The summed E-state index contributed by atoms with van der Waals surface area (Å²) >= 11 is 0. The summed E-state index contributed by atoms with van der Waals surface area (Å²) in [6.07, 6.45) is -12.0. The van der Waals surface area contributed by atoms with Gasteiger partial charge >= 0.3 is 11.9 Å². The topological polar surface area (TPSA) is 232 Å². The lowest BCUT2D eigenvalue weighted by molar-refractivity contribution is -0.268. The van der Waals surface area contributed by atoms with E-state index in [0.29, 0.717) is 0 Å². The average Bonchev–Trinajstić information content (AvgIpc) is 3.00. The van der Waals surface area contributed by atoms with Crippen molar-refractivity contribution >= 4 is 22.9 Å². The molecule has 10 atom stereocenters. The third kappa shape index (κ3) is 6.84. The molecule has 1 aliphatic heterocycles. The van der Waals surface area contributed by atoms with Gasteiger partial charge in [-0.05, 0) is 43.5 Å². The lowest BCUT2D eigenvalue weighted by Crippen LogP contribution is -2.58. The van der Waals surface area contributed by atoms with Crippen molar-refractivity contribution in [2.45, 2.75) is 89.2 Å². The van der Waals surface area contributed by atoms with Crippen LogP contribution in [-0.2, 0) is 23.8 Å². The van der Waals surface area contributed by atoms with Gasteiger partial charge in [0.2, 0.25) is 17.5 Å². The number of aliphatic hydroxyl groups excluding tert-OH is 4. The van der Waals surface area contributed by atoms with Gasteiger partial charge in [0.15, 0.2) is 11.9 Å². The molecule has 47 heavy (non-hydrogen) atoms. The minimum atomic E-state index is -1.66. The van der Waals surface area contributed by atoms with Crippen molar-refractivity contribution in [2.24, 2.45) is 5.92 Å². The number of phenolic OH excluding ortho intramolecular Hbond substituents is 2. The Kier molecular flexibility index (Phi) is 9.65. The minimum absolute atomic E-state index is 0.0564. The number of hydrogen-bond donors (Lipinski definition) is 6. The first-order valence-electron chi connectivity index (χ1n) is 14.8. The smallest absolute Gasteiger partial charge is 0.303 e. The summed E-state index contributed by atoms with van der Waals surface area (Å²) in [5, 5.41) is 62.2. The first kappa shape index (κ1) is 33.9. The van der Waals surface area contributed by atoms with Crippen molar-refractivity contribution in [2.75, 3.05) is 0 Å². The largest absolute Gasteiger partial charge is 0.508 e. The van der Waals surface area contributed by atoms with Crippen molar-refractivity contribution in [1.82, 2.24) is 0 Å². The molecule has 15 heteroatoms. The van der Waals surface area contributed by atoms with Gasteiger partial charge in [0, 0.05) is 31.5 Å². The Bertz CT molecular complexity index is 1680. The SMILES string of the molecule is CC(=O)O[C@@H]1[C@@H](O)[C@@H](OC(C)=O)[C@H](Oc2c(-c3ccc(O)cc3)oc3cc(O[C@@H]4O[C@@H](C)[C@H](O)[C@@H](O)[C@H]4O)cc(O)c3c2=O)C[C@H]1C. The van der Waals surface area contributed by atoms with Crippen LogP contribution in [0.2, 0.25) is 0 Å². The molecule has 15 nitrogen and oxygen atoms in total. The van der Waals surface area contributed by atoms with Gasteiger partial charge in [0.05, 0.1) is 6.10 Å². The molecule has 2 aliphatic rings. The fourth-order valence-corrected chi connectivity index (χ4v) is 5.84. The third-order valence-corrected chi connectivity index (χ3v) is 8.17. The summed E-state index contributed by atoms with van der Waals surface area (Å²) in [4.78, 5) is 37.8. The van der Waals surface area contributed by atoms with Crippen LogP contribution in [-0.4, -0.2) is 97.7 Å². The molecule has 254 valence electrons. The first-order valence-corrected chi connectivity index (χ1v) is 14.8. The molecule has 1 aromatic heterocycles. The van der Waals surface area contributed by atoms with E-state index in [1.165, 1.54) is 44.2 Å². The van der Waals surface area contributed by atoms with Crippen LogP contribution in [0, 0.1) is 5.92 Å². The Hall–Kier alpha value is -4.41. The molecule has 0 bridgehead atoms. The van der Waals surface area contributed by atoms with E-state index in [4.69, 9.17) is 28.1 Å². The normalized spacial score (nSPS) is 30.8. The van der Waals surface area contributed by atoms with E-state index in [9.17, 15) is 45.0 Å². The Labute approximate surface area is 267 Å². The summed E-state index contributed by atoms with van der Waals surface area (Å²) in [6.45, 7) is 5.44. The van der Waals surface area contributed by atoms with E-state index in [2.05, 4.69) is 0 Å². The highest BCUT2D eigenvalue weighted by molar-refractivity contribution is 5.88. The Balaban J connectivity index is 1.59. The predicted molar refractivity (Wildman–Crippen MR) is 160 cm³/mol. The maximum absolute atomic E-state index is 14.1. The molecule has 6 N–H and O–H groups in total. The van der Waals surface area contributed by atoms with Gasteiger partial charge in [0.25, 0.3) is 0 Å². The number of carbonyl (C=O) groups excluding carboxylic acids is 2. The van der Waals surface area contributed by atoms with Gasteiger partial charge in [-0.25, -0.2) is 0 Å². The van der Waals surface area contributed by atoms with Gasteiger partial charge in [-0.3, -0.25) is 14.4 Å². The maximum Gasteiger partial charge on any atom is 0.303 e. The fourth-order valence-electron chi connectivity index (χ4n) is 5.84. The number of aliphatic hydroxyl groups is 4. The fraction of sp³-hybridized carbons (Fsp3) is 0.469. The van der Waals surface area contributed by atoms with Gasteiger partial charge in [0.1, 0.15) is 64.8 Å². The highest BCUT2D eigenvalue weighted by Crippen LogP contribution is 2.40. The van der Waals surface area contributed by atoms with Crippen LogP contribution in [0.3, 0.4) is 0 Å². The van der Waals surface area contributed by atoms with Crippen LogP contribution in [0.25, 0.3) is 22.3 Å². The van der Waals surface area contributed by atoms with Crippen molar-refractivity contribution in [3.63, 3.8) is 0 Å². The molecule has 2 aromatic carbocycles. The molecule has 3 aromatic rings. The van der Waals surface area contributed by atoms with Crippen LogP contribution < -0.4 is 14.9 Å². The highest BCUT2D eigenvalue weighted by atomic mass is 16.7. The summed E-state index contributed by atoms with van der Waals surface area (Å²) in [7, 11) is 0. The van der Waals surface area contributed by atoms with Crippen LogP contribution in [0.5, 0.6) is 23.0 Å². The second-order valence-electron chi connectivity index (χ2n) is 11.8. The number of benzene rings is 2. The zero-order chi connectivity index (χ0) is 34.3. The number of esters is 2. The van der Waals surface area contributed by atoms with E-state index < -0.39 is 89.9 Å². The number of rotatable bonds is 7. The molecule has 1 saturated heterocycles. The average molecular weight is 661 g/mol. The second kappa shape index (κ2) is 13.4. The number of fused-ring (bicyclic) bond motifs is 1. The monoisotopic (exact) mass is 660 g/mol. The predicted octanol–water partition coefficient (Wildman–Crippen LogP) is 1.09. The van der Waals surface area contributed by atoms with Crippen LogP contribution >= 0.6 is 0 Å². The van der Waals surface area contributed by atoms with Gasteiger partial charge < -0.3 is 58.7 Å². The number of phenols is 2. The summed E-state index contributed by atoms with van der Waals surface area (Å²) in [5.74, 6) is -3.34. The summed E-state index contributed by atoms with van der Waals surface area (Å²) in [5.41, 5.74) is -0.793. The highest BCUT2D eigenvalue weighted by Gasteiger charge is 2.48. The molecular weight excluding hydrogens is 624 g/mol. The molecule has 0 amide bonds. The van der Waals surface area contributed by atoms with Crippen LogP contribution in [0.4, 0.5) is 0 Å². The zero-order valence-electron chi connectivity index (χ0n) is 25.8. The van der Waals surface area contributed by atoms with E-state index in [-0.39, 0.29) is 40.2 Å². The summed E-state index contributed by atoms with van der Waals surface area (Å²) in [6, 6.07) is 7.83. The van der Waals surface area contributed by atoms with Crippen LogP contribution in [0.15, 0.2) is 45.6 Å². The Morgan fingerprint density at radius 2 is 1.47 bits per heavy atom. The third-order valence-electron chi connectivity index (χ3n) is 8.17. The molecule has 1 aliphatic carbocycles. The second-order valence-corrected chi connectivity index (χ2v) is 11.8. The van der Waals surface area contributed by atoms with Crippen molar-refractivity contribution in [3.05, 3.63) is 46.6 Å². The molecule has 0 spiro atoms. The van der Waals surface area contributed by atoms with Crippen molar-refractivity contribution in [3.8, 4) is 34.3 Å². The lowest BCUT2D eigenvalue weighted by atomic mass is 9.81. The van der Waals surface area contributed by atoms with Crippen LogP contribution in [0.1, 0.15) is 34.1 Å². The van der Waals surface area contributed by atoms with Crippen molar-refractivity contribution < 1.29 is 68.3 Å². The van der Waals surface area contributed by atoms with Gasteiger partial charge in [-0.15, -0.1) is 0 Å². The van der Waals surface area contributed by atoms with Crippen molar-refractivity contribution in [1.29, 1.82) is 0 Å². The minimum Gasteiger partial charge on any atom is -0.508 e. The summed E-state index contributed by atoms with van der Waals surface area (Å²) < 4.78 is 34.1. The number of hydrogen-bond acceptors (Lipinski definition) is 15.